The maximum absolute atomic E-state index is 10.6. The zero-order valence-corrected chi connectivity index (χ0v) is 20.4. The van der Waals surface area contributed by atoms with E-state index >= 15 is 0 Å². The summed E-state index contributed by atoms with van der Waals surface area (Å²) in [5, 5.41) is 7.12. The maximum atomic E-state index is 10.6. The Balaban J connectivity index is 0.000000540. The van der Waals surface area contributed by atoms with Gasteiger partial charge in [-0.05, 0) is 73.9 Å². The molecular weight excluding hydrogens is 459 g/mol. The first-order chi connectivity index (χ1) is 16.6. The molecule has 194 valence electrons. The Labute approximate surface area is 205 Å². The molecule has 0 atom stereocenters. The van der Waals surface area contributed by atoms with Crippen molar-refractivity contribution in [2.75, 3.05) is 39.3 Å². The third-order valence-electron chi connectivity index (χ3n) is 5.97. The Morgan fingerprint density at radius 1 is 1.09 bits per heavy atom. The van der Waals surface area contributed by atoms with E-state index in [9.17, 15) is 13.2 Å². The molecule has 0 radical (unpaired) electrons. The highest BCUT2D eigenvalue weighted by molar-refractivity contribution is 5.73. The molecule has 9 heteroatoms. The minimum atomic E-state index is -5.08. The van der Waals surface area contributed by atoms with Crippen LogP contribution in [0.25, 0.3) is 11.1 Å². The summed E-state index contributed by atoms with van der Waals surface area (Å²) in [7, 11) is 0. The van der Waals surface area contributed by atoms with Crippen molar-refractivity contribution < 1.29 is 27.8 Å². The molecule has 0 spiro atoms. The molecule has 1 fully saturated rings. The number of carboxylic acid groups (broad SMARTS) is 1. The minimum Gasteiger partial charge on any atom is -0.492 e. The number of carboxylic acids is 1. The fourth-order valence-corrected chi connectivity index (χ4v) is 3.79. The molecule has 3 rings (SSSR count). The number of likely N-dealkylation sites (N-methyl/N-ethyl adjacent to an activating group) is 1. The van der Waals surface area contributed by atoms with Crippen LogP contribution in [0, 0.1) is 0 Å². The van der Waals surface area contributed by atoms with Gasteiger partial charge >= 0.3 is 12.1 Å². The fraction of sp³-hybridized carbons (Fsp3) is 0.500. The highest BCUT2D eigenvalue weighted by Gasteiger charge is 2.38. The number of hydrogen-bond acceptors (Lipinski definition) is 5. The second kappa shape index (κ2) is 14.1. The van der Waals surface area contributed by atoms with E-state index in [1.54, 1.807) is 0 Å². The Morgan fingerprint density at radius 3 is 2.23 bits per heavy atom. The van der Waals surface area contributed by atoms with E-state index in [1.165, 1.54) is 16.7 Å². The average Bonchev–Trinajstić information content (AvgIpc) is 2.84. The maximum Gasteiger partial charge on any atom is 0.490 e. The Morgan fingerprint density at radius 2 is 1.69 bits per heavy atom. The molecule has 0 amide bonds. The standard InChI is InChI=1S/C24H35N3O.C2HF3O2/c1-3-26(4-2)16-17-28-24-10-8-21(9-11-24)22-7-5-6-20(18-22)19-27-14-12-23(25)13-15-27;3-2(4,5)1(6)7/h5-11,18,23H,3-4,12-17,19,25H2,1-2H3;(H,6,7). The van der Waals surface area contributed by atoms with E-state index < -0.39 is 12.1 Å². The predicted octanol–water partition coefficient (Wildman–Crippen LogP) is 4.63. The first-order valence-corrected chi connectivity index (χ1v) is 11.9. The molecule has 0 bridgehead atoms. The number of nitrogens with zero attached hydrogens (tertiary/aromatic N) is 2. The molecule has 3 N–H and O–H groups in total. The number of hydrogen-bond donors (Lipinski definition) is 2. The van der Waals surface area contributed by atoms with Crippen molar-refractivity contribution in [1.82, 2.24) is 9.80 Å². The monoisotopic (exact) mass is 495 g/mol. The minimum absolute atomic E-state index is 0.385. The second-order valence-electron chi connectivity index (χ2n) is 8.52. The number of alkyl halides is 3. The number of aliphatic carboxylic acids is 1. The number of ether oxygens (including phenoxy) is 1. The van der Waals surface area contributed by atoms with Gasteiger partial charge in [-0.3, -0.25) is 4.90 Å². The molecule has 0 aliphatic carbocycles. The highest BCUT2D eigenvalue weighted by atomic mass is 19.4. The second-order valence-corrected chi connectivity index (χ2v) is 8.52. The quantitative estimate of drug-likeness (QED) is 0.528. The molecular formula is C26H36F3N3O3. The van der Waals surface area contributed by atoms with Gasteiger partial charge < -0.3 is 20.5 Å². The molecule has 0 unspecified atom stereocenters. The van der Waals surface area contributed by atoms with Crippen molar-refractivity contribution in [3.05, 3.63) is 54.1 Å². The normalized spacial score (nSPS) is 14.9. The number of nitrogens with two attached hydrogens (primary N) is 1. The van der Waals surface area contributed by atoms with Crippen molar-refractivity contribution in [3.63, 3.8) is 0 Å². The fourth-order valence-electron chi connectivity index (χ4n) is 3.79. The first-order valence-electron chi connectivity index (χ1n) is 11.9. The number of rotatable bonds is 9. The lowest BCUT2D eigenvalue weighted by Gasteiger charge is -2.30. The zero-order chi connectivity index (χ0) is 25.8. The summed E-state index contributed by atoms with van der Waals surface area (Å²) >= 11 is 0. The van der Waals surface area contributed by atoms with Gasteiger partial charge in [-0.1, -0.05) is 44.2 Å². The van der Waals surface area contributed by atoms with Crippen molar-refractivity contribution in [1.29, 1.82) is 0 Å². The molecule has 1 saturated heterocycles. The van der Waals surface area contributed by atoms with Crippen molar-refractivity contribution in [2.24, 2.45) is 5.73 Å². The molecule has 6 nitrogen and oxygen atoms in total. The molecule has 2 aromatic carbocycles. The molecule has 35 heavy (non-hydrogen) atoms. The van der Waals surface area contributed by atoms with E-state index in [4.69, 9.17) is 20.4 Å². The number of likely N-dealkylation sites (tertiary alicyclic amines) is 1. The van der Waals surface area contributed by atoms with Crippen LogP contribution in [0.2, 0.25) is 0 Å². The summed E-state index contributed by atoms with van der Waals surface area (Å²) in [5.74, 6) is -1.82. The molecule has 1 aliphatic rings. The average molecular weight is 496 g/mol. The topological polar surface area (TPSA) is 79.0 Å². The van der Waals surface area contributed by atoms with Gasteiger partial charge in [-0.15, -0.1) is 0 Å². The van der Waals surface area contributed by atoms with Gasteiger partial charge in [0.15, 0.2) is 0 Å². The van der Waals surface area contributed by atoms with Crippen LogP contribution in [0.5, 0.6) is 5.75 Å². The van der Waals surface area contributed by atoms with Gasteiger partial charge in [0.25, 0.3) is 0 Å². The molecule has 0 aromatic heterocycles. The Bertz CT molecular complexity index is 895. The largest absolute Gasteiger partial charge is 0.492 e. The molecule has 1 aliphatic heterocycles. The van der Waals surface area contributed by atoms with Crippen LogP contribution >= 0.6 is 0 Å². The van der Waals surface area contributed by atoms with Gasteiger partial charge in [0, 0.05) is 19.1 Å². The lowest BCUT2D eigenvalue weighted by Crippen LogP contribution is -2.39. The first kappa shape index (κ1) is 28.6. The smallest absolute Gasteiger partial charge is 0.490 e. The van der Waals surface area contributed by atoms with E-state index in [1.807, 2.05) is 0 Å². The lowest BCUT2D eigenvalue weighted by atomic mass is 10.0. The van der Waals surface area contributed by atoms with Crippen molar-refractivity contribution in [2.45, 2.75) is 45.5 Å². The summed E-state index contributed by atoms with van der Waals surface area (Å²) in [6.07, 6.45) is -2.87. The van der Waals surface area contributed by atoms with E-state index in [-0.39, 0.29) is 0 Å². The van der Waals surface area contributed by atoms with E-state index in [0.29, 0.717) is 6.04 Å². The summed E-state index contributed by atoms with van der Waals surface area (Å²) in [6, 6.07) is 17.7. The van der Waals surface area contributed by atoms with Crippen LogP contribution in [0.4, 0.5) is 13.2 Å². The van der Waals surface area contributed by atoms with Crippen LogP contribution in [0.1, 0.15) is 32.3 Å². The lowest BCUT2D eigenvalue weighted by molar-refractivity contribution is -0.192. The van der Waals surface area contributed by atoms with Gasteiger partial charge in [0.1, 0.15) is 12.4 Å². The summed E-state index contributed by atoms with van der Waals surface area (Å²) in [5.41, 5.74) is 9.89. The number of piperidine rings is 1. The number of carbonyl (C=O) groups is 1. The molecule has 2 aromatic rings. The van der Waals surface area contributed by atoms with Gasteiger partial charge in [-0.2, -0.15) is 13.2 Å². The summed E-state index contributed by atoms with van der Waals surface area (Å²) < 4.78 is 37.6. The third-order valence-corrected chi connectivity index (χ3v) is 5.97. The van der Waals surface area contributed by atoms with Crippen LogP contribution in [0.15, 0.2) is 48.5 Å². The van der Waals surface area contributed by atoms with Gasteiger partial charge in [0.2, 0.25) is 0 Å². The van der Waals surface area contributed by atoms with Gasteiger partial charge in [0.05, 0.1) is 0 Å². The zero-order valence-electron chi connectivity index (χ0n) is 20.4. The van der Waals surface area contributed by atoms with Crippen LogP contribution in [-0.2, 0) is 11.3 Å². The Hall–Kier alpha value is -2.62. The van der Waals surface area contributed by atoms with Crippen molar-refractivity contribution in [3.8, 4) is 16.9 Å². The SMILES string of the molecule is CCN(CC)CCOc1ccc(-c2cccc(CN3CCC(N)CC3)c2)cc1.O=C(O)C(F)(F)F. The molecule has 1 heterocycles. The van der Waals surface area contributed by atoms with Crippen LogP contribution in [-0.4, -0.2) is 72.4 Å². The van der Waals surface area contributed by atoms with Crippen LogP contribution < -0.4 is 10.5 Å². The Kier molecular flexibility index (Phi) is 11.5. The third kappa shape index (κ3) is 10.3. The number of halogens is 3. The van der Waals surface area contributed by atoms with Crippen molar-refractivity contribution >= 4 is 5.97 Å². The summed E-state index contributed by atoms with van der Waals surface area (Å²) in [6.45, 7) is 11.4. The predicted molar refractivity (Wildman–Crippen MR) is 131 cm³/mol. The molecule has 0 saturated carbocycles. The van der Waals surface area contributed by atoms with E-state index in [2.05, 4.69) is 72.2 Å². The highest BCUT2D eigenvalue weighted by Crippen LogP contribution is 2.24. The summed E-state index contributed by atoms with van der Waals surface area (Å²) in [4.78, 5) is 13.8. The van der Waals surface area contributed by atoms with Gasteiger partial charge in [-0.25, -0.2) is 4.79 Å². The van der Waals surface area contributed by atoms with E-state index in [0.717, 1.165) is 64.5 Å². The van der Waals surface area contributed by atoms with Crippen LogP contribution in [0.3, 0.4) is 0 Å². The number of benzene rings is 2.